The van der Waals surface area contributed by atoms with Crippen LogP contribution in [-0.2, 0) is 0 Å². The van der Waals surface area contributed by atoms with Gasteiger partial charge in [-0.15, -0.1) is 0 Å². The van der Waals surface area contributed by atoms with E-state index in [1.54, 1.807) is 12.1 Å². The van der Waals surface area contributed by atoms with Gasteiger partial charge >= 0.3 is 0 Å². The topological polar surface area (TPSA) is 75.3 Å². The molecule has 0 radical (unpaired) electrons. The van der Waals surface area contributed by atoms with Gasteiger partial charge in [-0.3, -0.25) is 4.79 Å². The number of hydrogen-bond donors (Lipinski definition) is 3. The Morgan fingerprint density at radius 1 is 1.56 bits per heavy atom. The van der Waals surface area contributed by atoms with Crippen LogP contribution < -0.4 is 11.1 Å². The van der Waals surface area contributed by atoms with Crippen molar-refractivity contribution in [1.82, 2.24) is 5.32 Å². The Hall–Kier alpha value is -1.07. The van der Waals surface area contributed by atoms with Gasteiger partial charge in [-0.2, -0.15) is 0 Å². The normalized spacial score (nSPS) is 14.3. The third-order valence-electron chi connectivity index (χ3n) is 3.30. The molecule has 1 amide bonds. The molecule has 0 saturated carbocycles. The van der Waals surface area contributed by atoms with Gasteiger partial charge in [0, 0.05) is 11.0 Å². The van der Waals surface area contributed by atoms with E-state index in [0.717, 1.165) is 4.47 Å². The summed E-state index contributed by atoms with van der Waals surface area (Å²) in [6.07, 6.45) is 0. The van der Waals surface area contributed by atoms with Crippen molar-refractivity contribution in [3.63, 3.8) is 0 Å². The highest BCUT2D eigenvalue weighted by atomic mass is 79.9. The number of phenols is 1. The monoisotopic (exact) mass is 314 g/mol. The second-order valence-corrected chi connectivity index (χ2v) is 5.81. The molecule has 0 aromatic heterocycles. The Kier molecular flexibility index (Phi) is 4.76. The number of carbonyl (C=O) groups excluding carboxylic acids is 1. The van der Waals surface area contributed by atoms with E-state index in [1.165, 1.54) is 6.07 Å². The molecule has 100 valence electrons. The maximum Gasteiger partial charge on any atom is 0.255 e. The summed E-state index contributed by atoms with van der Waals surface area (Å²) in [5.41, 5.74) is 5.47. The van der Waals surface area contributed by atoms with E-state index in [9.17, 15) is 9.90 Å². The summed E-state index contributed by atoms with van der Waals surface area (Å²) >= 11 is 3.23. The molecule has 0 aliphatic rings. The summed E-state index contributed by atoms with van der Waals surface area (Å²) in [5, 5.41) is 12.6. The van der Waals surface area contributed by atoms with E-state index in [-0.39, 0.29) is 23.1 Å². The maximum atomic E-state index is 12.1. The number of phenolic OH excluding ortho intramolecular Hbond substituents is 1. The third-order valence-corrected chi connectivity index (χ3v) is 3.80. The van der Waals surface area contributed by atoms with Crippen molar-refractivity contribution in [1.29, 1.82) is 0 Å². The lowest BCUT2D eigenvalue weighted by Gasteiger charge is -2.33. The molecule has 0 fully saturated rings. The van der Waals surface area contributed by atoms with Crippen molar-refractivity contribution in [2.24, 2.45) is 11.7 Å². The first-order valence-corrected chi connectivity index (χ1v) is 6.60. The van der Waals surface area contributed by atoms with E-state index in [0.29, 0.717) is 6.54 Å². The van der Waals surface area contributed by atoms with Crippen LogP contribution in [0.4, 0.5) is 0 Å². The zero-order valence-corrected chi connectivity index (χ0v) is 12.4. The van der Waals surface area contributed by atoms with Crippen molar-refractivity contribution in [2.45, 2.75) is 26.3 Å². The first kappa shape index (κ1) is 15.0. The molecule has 0 saturated heterocycles. The Balaban J connectivity index is 2.95. The summed E-state index contributed by atoms with van der Waals surface area (Å²) in [6.45, 7) is 6.22. The minimum absolute atomic E-state index is 0.0509. The molecule has 4 N–H and O–H groups in total. The summed E-state index contributed by atoms with van der Waals surface area (Å²) in [7, 11) is 0. The van der Waals surface area contributed by atoms with Crippen molar-refractivity contribution in [3.8, 4) is 5.75 Å². The zero-order chi connectivity index (χ0) is 13.9. The van der Waals surface area contributed by atoms with Crippen molar-refractivity contribution >= 4 is 21.8 Å². The van der Waals surface area contributed by atoms with Crippen molar-refractivity contribution in [2.75, 3.05) is 6.54 Å². The Morgan fingerprint density at radius 3 is 2.61 bits per heavy atom. The Labute approximate surface area is 116 Å². The number of carbonyl (C=O) groups is 1. The SMILES string of the molecule is CC(C)C(C)(CN)NC(=O)c1ccc(Br)cc1O. The molecule has 4 nitrogen and oxygen atoms in total. The standard InChI is InChI=1S/C13H19BrN2O2/c1-8(2)13(3,7-15)16-12(18)10-5-4-9(14)6-11(10)17/h4-6,8,17H,7,15H2,1-3H3,(H,16,18). The lowest BCUT2D eigenvalue weighted by Crippen LogP contribution is -2.55. The van der Waals surface area contributed by atoms with Gasteiger partial charge in [-0.1, -0.05) is 29.8 Å². The van der Waals surface area contributed by atoms with E-state index < -0.39 is 5.54 Å². The zero-order valence-electron chi connectivity index (χ0n) is 10.8. The summed E-state index contributed by atoms with van der Waals surface area (Å²) < 4.78 is 0.724. The molecule has 0 aliphatic carbocycles. The van der Waals surface area contributed by atoms with Gasteiger partial charge in [-0.25, -0.2) is 0 Å². The molecule has 5 heteroatoms. The highest BCUT2D eigenvalue weighted by Crippen LogP contribution is 2.23. The van der Waals surface area contributed by atoms with Crippen molar-refractivity contribution in [3.05, 3.63) is 28.2 Å². The van der Waals surface area contributed by atoms with Gasteiger partial charge in [0.2, 0.25) is 0 Å². The molecule has 1 aromatic carbocycles. The number of hydrogen-bond acceptors (Lipinski definition) is 3. The van der Waals surface area contributed by atoms with Gasteiger partial charge in [0.1, 0.15) is 5.75 Å². The highest BCUT2D eigenvalue weighted by molar-refractivity contribution is 9.10. The first-order chi connectivity index (χ1) is 8.30. The minimum Gasteiger partial charge on any atom is -0.507 e. The molecule has 1 aromatic rings. The first-order valence-electron chi connectivity index (χ1n) is 5.81. The lowest BCUT2D eigenvalue weighted by atomic mass is 9.88. The number of nitrogens with one attached hydrogen (secondary N) is 1. The average molecular weight is 315 g/mol. The average Bonchev–Trinajstić information content (AvgIpc) is 2.28. The molecule has 1 rings (SSSR count). The Morgan fingerprint density at radius 2 is 2.17 bits per heavy atom. The van der Waals surface area contributed by atoms with Crippen LogP contribution in [0, 0.1) is 5.92 Å². The van der Waals surface area contributed by atoms with Gasteiger partial charge in [-0.05, 0) is 31.0 Å². The molecular weight excluding hydrogens is 296 g/mol. The highest BCUT2D eigenvalue weighted by Gasteiger charge is 2.29. The fraction of sp³-hybridized carbons (Fsp3) is 0.462. The van der Waals surface area contributed by atoms with Crippen LogP contribution in [-0.4, -0.2) is 23.1 Å². The third kappa shape index (κ3) is 3.23. The van der Waals surface area contributed by atoms with Gasteiger partial charge in [0.15, 0.2) is 0 Å². The molecular formula is C13H19BrN2O2. The molecule has 0 heterocycles. The quantitative estimate of drug-likeness (QED) is 0.798. The van der Waals surface area contributed by atoms with E-state index in [4.69, 9.17) is 5.73 Å². The molecule has 18 heavy (non-hydrogen) atoms. The lowest BCUT2D eigenvalue weighted by molar-refractivity contribution is 0.0880. The second kappa shape index (κ2) is 5.71. The van der Waals surface area contributed by atoms with Gasteiger partial charge < -0.3 is 16.2 Å². The Bertz CT molecular complexity index is 449. The fourth-order valence-corrected chi connectivity index (χ4v) is 1.80. The number of benzene rings is 1. The van der Waals surface area contributed by atoms with Gasteiger partial charge in [0.05, 0.1) is 11.1 Å². The van der Waals surface area contributed by atoms with E-state index in [1.807, 2.05) is 20.8 Å². The maximum absolute atomic E-state index is 12.1. The van der Waals surface area contributed by atoms with Crippen molar-refractivity contribution < 1.29 is 9.90 Å². The molecule has 0 spiro atoms. The molecule has 1 unspecified atom stereocenters. The number of amides is 1. The van der Waals surface area contributed by atoms with Crippen LogP contribution in [0.2, 0.25) is 0 Å². The van der Waals surface area contributed by atoms with Crippen LogP contribution in [0.25, 0.3) is 0 Å². The van der Waals surface area contributed by atoms with Crippen LogP contribution in [0.3, 0.4) is 0 Å². The number of aromatic hydroxyl groups is 1. The van der Waals surface area contributed by atoms with E-state index in [2.05, 4.69) is 21.2 Å². The molecule has 0 aliphatic heterocycles. The van der Waals surface area contributed by atoms with Crippen LogP contribution >= 0.6 is 15.9 Å². The molecule has 1 atom stereocenters. The summed E-state index contributed by atoms with van der Waals surface area (Å²) in [5.74, 6) is -0.171. The second-order valence-electron chi connectivity index (χ2n) is 4.89. The van der Waals surface area contributed by atoms with Crippen LogP contribution in [0.1, 0.15) is 31.1 Å². The number of halogens is 1. The smallest absolute Gasteiger partial charge is 0.255 e. The predicted octanol–water partition coefficient (Wildman–Crippen LogP) is 2.26. The largest absolute Gasteiger partial charge is 0.507 e. The fourth-order valence-electron chi connectivity index (χ4n) is 1.45. The number of nitrogens with two attached hydrogens (primary N) is 1. The molecule has 0 bridgehead atoms. The van der Waals surface area contributed by atoms with Crippen LogP contribution in [0.5, 0.6) is 5.75 Å². The minimum atomic E-state index is -0.489. The summed E-state index contributed by atoms with van der Waals surface area (Å²) in [4.78, 5) is 12.1. The number of rotatable bonds is 4. The summed E-state index contributed by atoms with van der Waals surface area (Å²) in [6, 6.07) is 4.78. The van der Waals surface area contributed by atoms with E-state index >= 15 is 0 Å². The van der Waals surface area contributed by atoms with Crippen LogP contribution in [0.15, 0.2) is 22.7 Å². The predicted molar refractivity (Wildman–Crippen MR) is 75.6 cm³/mol. The van der Waals surface area contributed by atoms with Gasteiger partial charge in [0.25, 0.3) is 5.91 Å².